The van der Waals surface area contributed by atoms with E-state index < -0.39 is 30.2 Å². The number of imide groups is 1. The number of carbonyl (C=O) groups is 3. The number of hydrogen-bond donors (Lipinski definition) is 2. The number of halogens is 1. The van der Waals surface area contributed by atoms with Crippen molar-refractivity contribution < 1.29 is 18.8 Å². The lowest BCUT2D eigenvalue weighted by atomic mass is 10.2. The Kier molecular flexibility index (Phi) is 3.55. The molecule has 2 rings (SSSR count). The van der Waals surface area contributed by atoms with Crippen LogP contribution < -0.4 is 11.1 Å². The van der Waals surface area contributed by atoms with Crippen molar-refractivity contribution in [3.05, 3.63) is 24.0 Å². The zero-order chi connectivity index (χ0) is 14.9. The van der Waals surface area contributed by atoms with Gasteiger partial charge >= 0.3 is 6.03 Å². The van der Waals surface area contributed by atoms with E-state index in [0.29, 0.717) is 0 Å². The van der Waals surface area contributed by atoms with E-state index in [2.05, 4.69) is 5.32 Å². The lowest BCUT2D eigenvalue weighted by Gasteiger charge is -2.14. The molecule has 0 unspecified atom stereocenters. The Bertz CT molecular complexity index is 590. The van der Waals surface area contributed by atoms with Crippen molar-refractivity contribution >= 4 is 29.2 Å². The summed E-state index contributed by atoms with van der Waals surface area (Å²) < 4.78 is 12.9. The average Bonchev–Trinajstić information content (AvgIpc) is 2.60. The van der Waals surface area contributed by atoms with Crippen molar-refractivity contribution in [3.8, 4) is 0 Å². The molecule has 0 aliphatic carbocycles. The first-order chi connectivity index (χ1) is 9.38. The van der Waals surface area contributed by atoms with E-state index in [1.807, 2.05) is 0 Å². The fourth-order valence-electron chi connectivity index (χ4n) is 1.81. The summed E-state index contributed by atoms with van der Waals surface area (Å²) in [7, 11) is 1.47. The highest BCUT2D eigenvalue weighted by Gasteiger charge is 2.34. The third-order valence-electron chi connectivity index (χ3n) is 2.82. The van der Waals surface area contributed by atoms with E-state index in [9.17, 15) is 18.8 Å². The number of rotatable bonds is 3. The third kappa shape index (κ3) is 2.68. The first-order valence-corrected chi connectivity index (χ1v) is 5.79. The predicted octanol–water partition coefficient (Wildman–Crippen LogP) is 0.240. The van der Waals surface area contributed by atoms with Crippen LogP contribution in [0.25, 0.3) is 0 Å². The van der Waals surface area contributed by atoms with Crippen molar-refractivity contribution in [2.45, 2.75) is 0 Å². The van der Waals surface area contributed by atoms with E-state index in [1.165, 1.54) is 18.0 Å². The van der Waals surface area contributed by atoms with Crippen LogP contribution >= 0.6 is 0 Å². The smallest absolute Gasteiger partial charge is 0.327 e. The minimum Gasteiger partial charge on any atom is -0.397 e. The molecule has 0 bridgehead atoms. The number of urea groups is 1. The number of benzene rings is 1. The maximum atomic E-state index is 12.9. The molecule has 8 heteroatoms. The summed E-state index contributed by atoms with van der Waals surface area (Å²) >= 11 is 0. The van der Waals surface area contributed by atoms with Crippen LogP contribution in [-0.4, -0.2) is 47.8 Å². The van der Waals surface area contributed by atoms with Gasteiger partial charge in [0.25, 0.3) is 5.91 Å². The summed E-state index contributed by atoms with van der Waals surface area (Å²) in [5, 5.41) is 2.43. The fraction of sp³-hybridized carbons (Fsp3) is 0.250. The normalized spacial score (nSPS) is 14.9. The van der Waals surface area contributed by atoms with Crippen molar-refractivity contribution in [2.24, 2.45) is 0 Å². The molecule has 0 radical (unpaired) electrons. The Morgan fingerprint density at radius 1 is 1.45 bits per heavy atom. The zero-order valence-electron chi connectivity index (χ0n) is 10.7. The summed E-state index contributed by atoms with van der Waals surface area (Å²) in [5.41, 5.74) is 5.83. The summed E-state index contributed by atoms with van der Waals surface area (Å²) in [6, 6.07) is 2.99. The first kappa shape index (κ1) is 13.8. The van der Waals surface area contributed by atoms with E-state index in [-0.39, 0.29) is 17.9 Å². The quantitative estimate of drug-likeness (QED) is 0.612. The Hall–Kier alpha value is -2.64. The molecule has 7 nitrogen and oxygen atoms in total. The van der Waals surface area contributed by atoms with Crippen LogP contribution in [-0.2, 0) is 9.59 Å². The van der Waals surface area contributed by atoms with Gasteiger partial charge in [-0.15, -0.1) is 0 Å². The number of nitrogen functional groups attached to an aromatic ring is 1. The van der Waals surface area contributed by atoms with Gasteiger partial charge in [-0.2, -0.15) is 0 Å². The lowest BCUT2D eigenvalue weighted by molar-refractivity contribution is -0.129. The second kappa shape index (κ2) is 5.16. The molecular formula is C12H13FN4O3. The standard InChI is InChI=1S/C12H13FN4O3/c1-16-6-11(19)17(12(16)20)5-10(18)15-9-3-2-7(13)4-8(9)14/h2-4H,5-6,14H2,1H3,(H,15,18). The largest absolute Gasteiger partial charge is 0.397 e. The molecule has 106 valence electrons. The van der Waals surface area contributed by atoms with Crippen molar-refractivity contribution in [3.63, 3.8) is 0 Å². The minimum absolute atomic E-state index is 0.0508. The van der Waals surface area contributed by atoms with Crippen molar-refractivity contribution in [1.82, 2.24) is 9.80 Å². The molecule has 1 aliphatic heterocycles. The molecule has 0 atom stereocenters. The van der Waals surface area contributed by atoms with Crippen LogP contribution in [0.2, 0.25) is 0 Å². The molecule has 4 amide bonds. The van der Waals surface area contributed by atoms with Gasteiger partial charge in [-0.25, -0.2) is 9.18 Å². The minimum atomic E-state index is -0.583. The van der Waals surface area contributed by atoms with E-state index in [1.54, 1.807) is 0 Å². The SMILES string of the molecule is CN1CC(=O)N(CC(=O)Nc2ccc(F)cc2N)C1=O. The van der Waals surface area contributed by atoms with Gasteiger partial charge in [-0.05, 0) is 18.2 Å². The van der Waals surface area contributed by atoms with Gasteiger partial charge in [0.05, 0.1) is 11.4 Å². The van der Waals surface area contributed by atoms with Gasteiger partial charge in [0, 0.05) is 7.05 Å². The fourth-order valence-corrected chi connectivity index (χ4v) is 1.81. The molecular weight excluding hydrogens is 267 g/mol. The number of likely N-dealkylation sites (N-methyl/N-ethyl adjacent to an activating group) is 1. The number of amides is 4. The van der Waals surface area contributed by atoms with Crippen LogP contribution in [0, 0.1) is 5.82 Å². The van der Waals surface area contributed by atoms with Crippen LogP contribution in [0.4, 0.5) is 20.6 Å². The van der Waals surface area contributed by atoms with Crippen molar-refractivity contribution in [1.29, 1.82) is 0 Å². The monoisotopic (exact) mass is 280 g/mol. The Balaban J connectivity index is 2.03. The molecule has 0 saturated carbocycles. The van der Waals surface area contributed by atoms with E-state index >= 15 is 0 Å². The molecule has 1 aromatic rings. The van der Waals surface area contributed by atoms with Crippen LogP contribution in [0.3, 0.4) is 0 Å². The van der Waals surface area contributed by atoms with Crippen LogP contribution in [0.5, 0.6) is 0 Å². The number of hydrogen-bond acceptors (Lipinski definition) is 4. The molecule has 1 fully saturated rings. The summed E-state index contributed by atoms with van der Waals surface area (Å²) in [5.74, 6) is -1.55. The van der Waals surface area contributed by atoms with Gasteiger partial charge in [0.2, 0.25) is 5.91 Å². The predicted molar refractivity (Wildman–Crippen MR) is 69.2 cm³/mol. The third-order valence-corrected chi connectivity index (χ3v) is 2.82. The number of nitrogens with two attached hydrogens (primary N) is 1. The van der Waals surface area contributed by atoms with Crippen LogP contribution in [0.15, 0.2) is 18.2 Å². The molecule has 1 aromatic carbocycles. The summed E-state index contributed by atoms with van der Waals surface area (Å²) in [6.07, 6.45) is 0. The van der Waals surface area contributed by atoms with Crippen LogP contribution in [0.1, 0.15) is 0 Å². The summed E-state index contributed by atoms with van der Waals surface area (Å²) in [4.78, 5) is 36.9. The highest BCUT2D eigenvalue weighted by molar-refractivity contribution is 6.06. The Labute approximate surface area is 114 Å². The number of anilines is 2. The highest BCUT2D eigenvalue weighted by Crippen LogP contribution is 2.19. The van der Waals surface area contributed by atoms with E-state index in [4.69, 9.17) is 5.73 Å². The second-order valence-electron chi connectivity index (χ2n) is 4.40. The Morgan fingerprint density at radius 2 is 2.15 bits per heavy atom. The van der Waals surface area contributed by atoms with Gasteiger partial charge in [0.15, 0.2) is 0 Å². The average molecular weight is 280 g/mol. The Morgan fingerprint density at radius 3 is 2.70 bits per heavy atom. The number of nitrogens with zero attached hydrogens (tertiary/aromatic N) is 2. The topological polar surface area (TPSA) is 95.7 Å². The zero-order valence-corrected chi connectivity index (χ0v) is 10.7. The molecule has 1 saturated heterocycles. The van der Waals surface area contributed by atoms with Gasteiger partial charge in [-0.3, -0.25) is 14.5 Å². The first-order valence-electron chi connectivity index (χ1n) is 5.79. The number of carbonyl (C=O) groups excluding carboxylic acids is 3. The molecule has 1 heterocycles. The molecule has 0 aromatic heterocycles. The molecule has 20 heavy (non-hydrogen) atoms. The molecule has 0 spiro atoms. The molecule has 1 aliphatic rings. The van der Waals surface area contributed by atoms with Gasteiger partial charge < -0.3 is 16.0 Å². The lowest BCUT2D eigenvalue weighted by Crippen LogP contribution is -2.38. The maximum Gasteiger partial charge on any atom is 0.327 e. The summed E-state index contributed by atoms with van der Waals surface area (Å²) in [6.45, 7) is -0.455. The van der Waals surface area contributed by atoms with Gasteiger partial charge in [0.1, 0.15) is 18.9 Å². The van der Waals surface area contributed by atoms with E-state index in [0.717, 1.165) is 17.0 Å². The van der Waals surface area contributed by atoms with Gasteiger partial charge in [-0.1, -0.05) is 0 Å². The number of nitrogens with one attached hydrogen (secondary N) is 1. The highest BCUT2D eigenvalue weighted by atomic mass is 19.1. The second-order valence-corrected chi connectivity index (χ2v) is 4.40. The van der Waals surface area contributed by atoms with Crippen molar-refractivity contribution in [2.75, 3.05) is 31.2 Å². The molecule has 3 N–H and O–H groups in total. The maximum absolute atomic E-state index is 12.9.